The smallest absolute Gasteiger partial charge is 0.251 e. The largest absolute Gasteiger partial charge is 0.348 e. The Morgan fingerprint density at radius 2 is 2.00 bits per heavy atom. The molecule has 5 heteroatoms. The zero-order chi connectivity index (χ0) is 16.4. The molecule has 4 nitrogen and oxygen atoms in total. The summed E-state index contributed by atoms with van der Waals surface area (Å²) in [6, 6.07) is 12.8. The number of carbonyl (C=O) groups excluding carboxylic acids is 1. The van der Waals surface area contributed by atoms with Crippen LogP contribution in [0.15, 0.2) is 47.4 Å². The van der Waals surface area contributed by atoms with Crippen molar-refractivity contribution in [1.82, 2.24) is 5.32 Å². The minimum absolute atomic E-state index is 0.183. The summed E-state index contributed by atoms with van der Waals surface area (Å²) >= 11 is 0. The monoisotopic (exact) mass is 329 g/mol. The lowest BCUT2D eigenvalue weighted by Crippen LogP contribution is -2.24. The summed E-state index contributed by atoms with van der Waals surface area (Å²) in [5.74, 6) is 0.0103. The first-order valence-electron chi connectivity index (χ1n) is 7.65. The van der Waals surface area contributed by atoms with Gasteiger partial charge in [0, 0.05) is 12.1 Å². The number of rotatable bonds is 3. The zero-order valence-corrected chi connectivity index (χ0v) is 13.8. The van der Waals surface area contributed by atoms with Crippen LogP contribution in [0.2, 0.25) is 0 Å². The minimum Gasteiger partial charge on any atom is -0.348 e. The Morgan fingerprint density at radius 1 is 1.17 bits per heavy atom. The molecule has 1 heterocycles. The van der Waals surface area contributed by atoms with E-state index in [0.29, 0.717) is 29.8 Å². The second-order valence-electron chi connectivity index (χ2n) is 5.92. The van der Waals surface area contributed by atoms with Gasteiger partial charge in [-0.1, -0.05) is 29.8 Å². The summed E-state index contributed by atoms with van der Waals surface area (Å²) in [5, 5.41) is 2.88. The molecular formula is C18H19NO3S. The van der Waals surface area contributed by atoms with E-state index in [0.717, 1.165) is 16.7 Å². The van der Waals surface area contributed by atoms with Gasteiger partial charge in [0.05, 0.1) is 10.6 Å². The van der Waals surface area contributed by atoms with Gasteiger partial charge in [-0.25, -0.2) is 8.42 Å². The number of nitrogens with one attached hydrogen (secondary N) is 1. The third-order valence-corrected chi connectivity index (χ3v) is 5.95. The molecule has 3 rings (SSSR count). The summed E-state index contributed by atoms with van der Waals surface area (Å²) in [5.41, 5.74) is 3.45. The second kappa shape index (κ2) is 6.16. The van der Waals surface area contributed by atoms with E-state index in [4.69, 9.17) is 0 Å². The van der Waals surface area contributed by atoms with Crippen molar-refractivity contribution in [2.24, 2.45) is 0 Å². The van der Waals surface area contributed by atoms with Crippen molar-refractivity contribution in [3.63, 3.8) is 0 Å². The third-order valence-electron chi connectivity index (χ3n) is 4.05. The molecule has 0 saturated carbocycles. The molecule has 1 amide bonds. The second-order valence-corrected chi connectivity index (χ2v) is 7.99. The Hall–Kier alpha value is -2.14. The van der Waals surface area contributed by atoms with Crippen LogP contribution in [-0.4, -0.2) is 20.1 Å². The Bertz CT molecular complexity index is 856. The van der Waals surface area contributed by atoms with E-state index < -0.39 is 9.84 Å². The fourth-order valence-corrected chi connectivity index (χ4v) is 4.47. The third kappa shape index (κ3) is 3.45. The first-order valence-corrected chi connectivity index (χ1v) is 9.30. The van der Waals surface area contributed by atoms with Crippen LogP contribution >= 0.6 is 0 Å². The number of aryl methyl sites for hydroxylation is 2. The van der Waals surface area contributed by atoms with E-state index in [1.165, 1.54) is 0 Å². The van der Waals surface area contributed by atoms with Crippen molar-refractivity contribution in [2.45, 2.75) is 31.2 Å². The molecule has 0 saturated heterocycles. The number of hydrogen-bond acceptors (Lipinski definition) is 3. The fraction of sp³-hybridized carbons (Fsp3) is 0.278. The van der Waals surface area contributed by atoms with E-state index in [-0.39, 0.29) is 11.7 Å². The van der Waals surface area contributed by atoms with Crippen LogP contribution in [0.4, 0.5) is 0 Å². The van der Waals surface area contributed by atoms with Gasteiger partial charge in [-0.2, -0.15) is 0 Å². The molecule has 0 unspecified atom stereocenters. The molecule has 0 radical (unpaired) electrons. The molecule has 0 aromatic heterocycles. The molecule has 2 aromatic rings. The molecule has 1 aliphatic heterocycles. The lowest BCUT2D eigenvalue weighted by molar-refractivity contribution is 0.0950. The Labute approximate surface area is 136 Å². The van der Waals surface area contributed by atoms with E-state index >= 15 is 0 Å². The lowest BCUT2D eigenvalue weighted by atomic mass is 10.1. The van der Waals surface area contributed by atoms with Gasteiger partial charge >= 0.3 is 0 Å². The molecule has 1 aliphatic rings. The van der Waals surface area contributed by atoms with Crippen LogP contribution in [-0.2, 0) is 22.8 Å². The van der Waals surface area contributed by atoms with Crippen molar-refractivity contribution in [1.29, 1.82) is 0 Å². The van der Waals surface area contributed by atoms with Crippen LogP contribution in [0.1, 0.15) is 33.5 Å². The highest BCUT2D eigenvalue weighted by atomic mass is 32.2. The van der Waals surface area contributed by atoms with Crippen molar-refractivity contribution >= 4 is 15.7 Å². The van der Waals surface area contributed by atoms with E-state index in [1.807, 2.05) is 31.2 Å². The topological polar surface area (TPSA) is 63.2 Å². The fourth-order valence-electron chi connectivity index (χ4n) is 2.89. The first-order chi connectivity index (χ1) is 11.0. The van der Waals surface area contributed by atoms with Gasteiger partial charge in [-0.05, 0) is 49.1 Å². The highest BCUT2D eigenvalue weighted by Crippen LogP contribution is 2.25. The predicted molar refractivity (Wildman–Crippen MR) is 89.2 cm³/mol. The highest BCUT2D eigenvalue weighted by molar-refractivity contribution is 7.91. The van der Waals surface area contributed by atoms with Crippen LogP contribution in [0.3, 0.4) is 0 Å². The quantitative estimate of drug-likeness (QED) is 0.941. The summed E-state index contributed by atoms with van der Waals surface area (Å²) in [7, 11) is -3.18. The number of sulfone groups is 1. The van der Waals surface area contributed by atoms with Crippen molar-refractivity contribution < 1.29 is 13.2 Å². The zero-order valence-electron chi connectivity index (χ0n) is 13.0. The SMILES string of the molecule is Cc1cccc(CNC(=O)c2ccc3c(c2)CCCS3(=O)=O)c1. The van der Waals surface area contributed by atoms with Crippen molar-refractivity contribution in [3.05, 3.63) is 64.7 Å². The summed E-state index contributed by atoms with van der Waals surface area (Å²) < 4.78 is 24.0. The molecule has 1 N–H and O–H groups in total. The van der Waals surface area contributed by atoms with E-state index in [9.17, 15) is 13.2 Å². The number of hydrogen-bond donors (Lipinski definition) is 1. The van der Waals surface area contributed by atoms with Gasteiger partial charge in [0.15, 0.2) is 9.84 Å². The van der Waals surface area contributed by atoms with Gasteiger partial charge < -0.3 is 5.32 Å². The van der Waals surface area contributed by atoms with Crippen LogP contribution in [0.5, 0.6) is 0 Å². The maximum Gasteiger partial charge on any atom is 0.251 e. The number of fused-ring (bicyclic) bond motifs is 1. The molecule has 0 fully saturated rings. The molecule has 2 aromatic carbocycles. The van der Waals surface area contributed by atoms with Crippen LogP contribution < -0.4 is 5.32 Å². The molecule has 0 aliphatic carbocycles. The van der Waals surface area contributed by atoms with Gasteiger partial charge in [-0.15, -0.1) is 0 Å². The molecule has 0 bridgehead atoms. The Kier molecular flexibility index (Phi) is 4.22. The van der Waals surface area contributed by atoms with E-state index in [2.05, 4.69) is 5.32 Å². The normalized spacial score (nSPS) is 15.7. The van der Waals surface area contributed by atoms with Gasteiger partial charge in [0.2, 0.25) is 0 Å². The number of benzene rings is 2. The van der Waals surface area contributed by atoms with Crippen molar-refractivity contribution in [3.8, 4) is 0 Å². The average Bonchev–Trinajstić information content (AvgIpc) is 2.52. The maximum absolute atomic E-state index is 12.3. The lowest BCUT2D eigenvalue weighted by Gasteiger charge is -2.17. The molecule has 0 atom stereocenters. The maximum atomic E-state index is 12.3. The van der Waals surface area contributed by atoms with Crippen LogP contribution in [0.25, 0.3) is 0 Å². The molecule has 23 heavy (non-hydrogen) atoms. The summed E-state index contributed by atoms with van der Waals surface area (Å²) in [4.78, 5) is 12.7. The Morgan fingerprint density at radius 3 is 2.78 bits per heavy atom. The summed E-state index contributed by atoms with van der Waals surface area (Å²) in [6.07, 6.45) is 1.32. The highest BCUT2D eigenvalue weighted by Gasteiger charge is 2.24. The molecule has 120 valence electrons. The van der Waals surface area contributed by atoms with Gasteiger partial charge in [0.1, 0.15) is 0 Å². The molecular weight excluding hydrogens is 310 g/mol. The minimum atomic E-state index is -3.18. The first kappa shape index (κ1) is 15.7. The van der Waals surface area contributed by atoms with E-state index in [1.54, 1.807) is 18.2 Å². The van der Waals surface area contributed by atoms with Crippen LogP contribution in [0, 0.1) is 6.92 Å². The van der Waals surface area contributed by atoms with Gasteiger partial charge in [-0.3, -0.25) is 4.79 Å². The average molecular weight is 329 g/mol. The molecule has 0 spiro atoms. The standard InChI is InChI=1S/C18H19NO3S/c1-13-4-2-5-14(10-13)12-19-18(20)16-7-8-17-15(11-16)6-3-9-23(17,21)22/h2,4-5,7-8,10-11H,3,6,9,12H2,1H3,(H,19,20). The number of carbonyl (C=O) groups is 1. The number of amides is 1. The predicted octanol–water partition coefficient (Wildman–Crippen LogP) is 2.64. The van der Waals surface area contributed by atoms with Crippen molar-refractivity contribution in [2.75, 3.05) is 5.75 Å². The van der Waals surface area contributed by atoms with Gasteiger partial charge in [0.25, 0.3) is 5.91 Å². The summed E-state index contributed by atoms with van der Waals surface area (Å²) in [6.45, 7) is 2.46. The Balaban J connectivity index is 1.76.